The summed E-state index contributed by atoms with van der Waals surface area (Å²) in [6.07, 6.45) is 0. The van der Waals surface area contributed by atoms with E-state index in [1.807, 2.05) is 24.3 Å². The molecule has 0 aromatic heterocycles. The summed E-state index contributed by atoms with van der Waals surface area (Å²) in [6.45, 7) is 1.81. The summed E-state index contributed by atoms with van der Waals surface area (Å²) in [5.41, 5.74) is 5.22. The van der Waals surface area contributed by atoms with Crippen LogP contribution in [0.25, 0.3) is 0 Å². The molecule has 0 radical (unpaired) electrons. The van der Waals surface area contributed by atoms with Gasteiger partial charge in [-0.2, -0.15) is 5.10 Å². The van der Waals surface area contributed by atoms with Crippen LogP contribution in [-0.4, -0.2) is 24.6 Å². The molecule has 3 rings (SSSR count). The van der Waals surface area contributed by atoms with Gasteiger partial charge in [-0.05, 0) is 55.0 Å². The van der Waals surface area contributed by atoms with Gasteiger partial charge in [-0.3, -0.25) is 9.59 Å². The SMILES string of the molecule is COc1cccc(C(=O)Nc2ccccc2C(=O)NN=C(C)c2ccc(Br)cc2)c1. The number of para-hydroxylation sites is 1. The number of nitrogens with one attached hydrogen (secondary N) is 2. The van der Waals surface area contributed by atoms with Crippen LogP contribution < -0.4 is 15.5 Å². The first-order chi connectivity index (χ1) is 14.5. The van der Waals surface area contributed by atoms with E-state index in [-0.39, 0.29) is 5.91 Å². The summed E-state index contributed by atoms with van der Waals surface area (Å²) in [7, 11) is 1.54. The van der Waals surface area contributed by atoms with Crippen LogP contribution in [0.4, 0.5) is 5.69 Å². The number of benzene rings is 3. The number of amides is 2. The number of hydrazone groups is 1. The smallest absolute Gasteiger partial charge is 0.273 e. The van der Waals surface area contributed by atoms with Gasteiger partial charge in [0, 0.05) is 10.0 Å². The molecule has 6 nitrogen and oxygen atoms in total. The number of ether oxygens (including phenoxy) is 1. The molecule has 0 spiro atoms. The molecular weight excluding hydrogens is 446 g/mol. The van der Waals surface area contributed by atoms with Crippen LogP contribution in [-0.2, 0) is 0 Å². The lowest BCUT2D eigenvalue weighted by Gasteiger charge is -2.11. The first-order valence-corrected chi connectivity index (χ1v) is 9.92. The fraction of sp³-hybridized carbons (Fsp3) is 0.0870. The molecule has 0 bridgehead atoms. The van der Waals surface area contributed by atoms with Gasteiger partial charge in [0.1, 0.15) is 5.75 Å². The molecule has 3 aromatic carbocycles. The van der Waals surface area contributed by atoms with Crippen LogP contribution in [0, 0.1) is 0 Å². The normalized spacial score (nSPS) is 11.0. The molecule has 2 N–H and O–H groups in total. The maximum atomic E-state index is 12.7. The van der Waals surface area contributed by atoms with Crippen LogP contribution in [0.2, 0.25) is 0 Å². The summed E-state index contributed by atoms with van der Waals surface area (Å²) in [5.74, 6) is -0.192. The highest BCUT2D eigenvalue weighted by Crippen LogP contribution is 2.18. The van der Waals surface area contributed by atoms with E-state index in [9.17, 15) is 9.59 Å². The van der Waals surface area contributed by atoms with Crippen LogP contribution in [0.3, 0.4) is 0 Å². The zero-order valence-corrected chi connectivity index (χ0v) is 18.1. The molecular formula is C23H20BrN3O3. The second kappa shape index (κ2) is 9.84. The first-order valence-electron chi connectivity index (χ1n) is 9.13. The second-order valence-electron chi connectivity index (χ2n) is 6.38. The van der Waals surface area contributed by atoms with Gasteiger partial charge < -0.3 is 10.1 Å². The fourth-order valence-electron chi connectivity index (χ4n) is 2.70. The number of anilines is 1. The first kappa shape index (κ1) is 21.3. The molecule has 0 aliphatic heterocycles. The Hall–Kier alpha value is -3.45. The minimum Gasteiger partial charge on any atom is -0.497 e. The third-order valence-electron chi connectivity index (χ3n) is 4.34. The topological polar surface area (TPSA) is 79.8 Å². The summed E-state index contributed by atoms with van der Waals surface area (Å²) >= 11 is 3.39. The molecule has 30 heavy (non-hydrogen) atoms. The van der Waals surface area contributed by atoms with Gasteiger partial charge in [0.2, 0.25) is 0 Å². The molecule has 2 amide bonds. The van der Waals surface area contributed by atoms with E-state index in [1.165, 1.54) is 7.11 Å². The van der Waals surface area contributed by atoms with Gasteiger partial charge in [-0.15, -0.1) is 0 Å². The molecule has 0 heterocycles. The molecule has 3 aromatic rings. The largest absolute Gasteiger partial charge is 0.497 e. The van der Waals surface area contributed by atoms with Crippen molar-refractivity contribution in [3.63, 3.8) is 0 Å². The lowest BCUT2D eigenvalue weighted by atomic mass is 10.1. The highest BCUT2D eigenvalue weighted by molar-refractivity contribution is 9.10. The van der Waals surface area contributed by atoms with Gasteiger partial charge >= 0.3 is 0 Å². The summed E-state index contributed by atoms with van der Waals surface area (Å²) < 4.78 is 6.11. The Labute approximate surface area is 183 Å². The van der Waals surface area contributed by atoms with Crippen LogP contribution in [0.15, 0.2) is 82.4 Å². The third kappa shape index (κ3) is 5.33. The highest BCUT2D eigenvalue weighted by atomic mass is 79.9. The zero-order chi connectivity index (χ0) is 21.5. The van der Waals surface area contributed by atoms with Gasteiger partial charge in [-0.1, -0.05) is 46.3 Å². The molecule has 0 atom stereocenters. The zero-order valence-electron chi connectivity index (χ0n) is 16.5. The van der Waals surface area contributed by atoms with E-state index >= 15 is 0 Å². The van der Waals surface area contributed by atoms with E-state index in [2.05, 4.69) is 31.8 Å². The summed E-state index contributed by atoms with van der Waals surface area (Å²) in [5, 5.41) is 6.95. The Balaban J connectivity index is 1.75. The Kier molecular flexibility index (Phi) is 6.98. The van der Waals surface area contributed by atoms with Crippen molar-refractivity contribution >= 4 is 39.1 Å². The van der Waals surface area contributed by atoms with Crippen molar-refractivity contribution in [2.45, 2.75) is 6.92 Å². The number of methoxy groups -OCH3 is 1. The Bertz CT molecular complexity index is 1090. The number of hydrogen-bond donors (Lipinski definition) is 2. The summed E-state index contributed by atoms with van der Waals surface area (Å²) in [6, 6.07) is 21.1. The van der Waals surface area contributed by atoms with Crippen LogP contribution in [0.1, 0.15) is 33.2 Å². The van der Waals surface area contributed by atoms with E-state index in [0.717, 1.165) is 10.0 Å². The van der Waals surface area contributed by atoms with E-state index < -0.39 is 5.91 Å². The Morgan fingerprint density at radius 2 is 1.63 bits per heavy atom. The minimum absolute atomic E-state index is 0.307. The number of carbonyl (C=O) groups excluding carboxylic acids is 2. The highest BCUT2D eigenvalue weighted by Gasteiger charge is 2.14. The van der Waals surface area contributed by atoms with E-state index in [1.54, 1.807) is 55.5 Å². The second-order valence-corrected chi connectivity index (χ2v) is 7.29. The predicted octanol–water partition coefficient (Wildman–Crippen LogP) is 4.86. The lowest BCUT2D eigenvalue weighted by molar-refractivity contribution is 0.0955. The number of hydrogen-bond acceptors (Lipinski definition) is 4. The van der Waals surface area contributed by atoms with Crippen molar-refractivity contribution in [2.75, 3.05) is 12.4 Å². The van der Waals surface area contributed by atoms with Gasteiger partial charge in [0.15, 0.2) is 0 Å². The van der Waals surface area contributed by atoms with Gasteiger partial charge in [0.05, 0.1) is 24.1 Å². The van der Waals surface area contributed by atoms with E-state index in [4.69, 9.17) is 4.74 Å². The lowest BCUT2D eigenvalue weighted by Crippen LogP contribution is -2.22. The van der Waals surface area contributed by atoms with E-state index in [0.29, 0.717) is 28.3 Å². The van der Waals surface area contributed by atoms with Crippen molar-refractivity contribution in [1.82, 2.24) is 5.43 Å². The number of nitrogens with zero attached hydrogens (tertiary/aromatic N) is 1. The fourth-order valence-corrected chi connectivity index (χ4v) is 2.96. The summed E-state index contributed by atoms with van der Waals surface area (Å²) in [4.78, 5) is 25.3. The number of carbonyl (C=O) groups is 2. The molecule has 7 heteroatoms. The maximum absolute atomic E-state index is 12.7. The number of halogens is 1. The standard InChI is InChI=1S/C23H20BrN3O3/c1-15(16-10-12-18(24)13-11-16)26-27-23(29)20-8-3-4-9-21(20)25-22(28)17-6-5-7-19(14-17)30-2/h3-14H,1-2H3,(H,25,28)(H,27,29). The van der Waals surface area contributed by atoms with Gasteiger partial charge in [-0.25, -0.2) is 5.43 Å². The average Bonchev–Trinajstić information content (AvgIpc) is 2.78. The van der Waals surface area contributed by atoms with Crippen molar-refractivity contribution in [3.8, 4) is 5.75 Å². The number of rotatable bonds is 6. The van der Waals surface area contributed by atoms with Crippen molar-refractivity contribution in [1.29, 1.82) is 0 Å². The molecule has 0 unspecified atom stereocenters. The molecule has 152 valence electrons. The quantitative estimate of drug-likeness (QED) is 0.402. The van der Waals surface area contributed by atoms with Crippen LogP contribution in [0.5, 0.6) is 5.75 Å². The molecule has 0 aliphatic carbocycles. The van der Waals surface area contributed by atoms with Crippen molar-refractivity contribution < 1.29 is 14.3 Å². The predicted molar refractivity (Wildman–Crippen MR) is 121 cm³/mol. The van der Waals surface area contributed by atoms with Gasteiger partial charge in [0.25, 0.3) is 11.8 Å². The molecule has 0 aliphatic rings. The Morgan fingerprint density at radius 3 is 2.37 bits per heavy atom. The maximum Gasteiger partial charge on any atom is 0.273 e. The molecule has 0 saturated carbocycles. The Morgan fingerprint density at radius 1 is 0.900 bits per heavy atom. The van der Waals surface area contributed by atoms with Crippen molar-refractivity contribution in [3.05, 3.63) is 94.0 Å². The minimum atomic E-state index is -0.423. The van der Waals surface area contributed by atoms with Crippen molar-refractivity contribution in [2.24, 2.45) is 5.10 Å². The average molecular weight is 466 g/mol. The molecule has 0 fully saturated rings. The van der Waals surface area contributed by atoms with Crippen LogP contribution >= 0.6 is 15.9 Å². The molecule has 0 saturated heterocycles. The third-order valence-corrected chi connectivity index (χ3v) is 4.87. The monoisotopic (exact) mass is 465 g/mol.